The van der Waals surface area contributed by atoms with E-state index >= 15 is 0 Å². The van der Waals surface area contributed by atoms with Crippen LogP contribution in [0.15, 0.2) is 18.2 Å². The number of likely N-dealkylation sites (tertiary alicyclic amines) is 1. The van der Waals surface area contributed by atoms with Crippen molar-refractivity contribution < 1.29 is 14.5 Å². The molecule has 0 bridgehead atoms. The first kappa shape index (κ1) is 14.3. The van der Waals surface area contributed by atoms with Crippen LogP contribution in [-0.2, 0) is 0 Å². The molecule has 1 unspecified atom stereocenters. The standard InChI is InChI=1S/C13H17N3O4/c1-14-10-5-6-15(8-10)13(17)9-3-4-11(16(18)19)12(7-9)20-2/h3-4,7,10,14H,5-6,8H2,1-2H3. The predicted molar refractivity (Wildman–Crippen MR) is 73.0 cm³/mol. The molecule has 2 rings (SSSR count). The zero-order valence-electron chi connectivity index (χ0n) is 11.5. The van der Waals surface area contributed by atoms with E-state index in [0.717, 1.165) is 6.42 Å². The largest absolute Gasteiger partial charge is 0.490 e. The highest BCUT2D eigenvalue weighted by Crippen LogP contribution is 2.28. The smallest absolute Gasteiger partial charge is 0.310 e. The van der Waals surface area contributed by atoms with Crippen molar-refractivity contribution in [3.05, 3.63) is 33.9 Å². The minimum Gasteiger partial charge on any atom is -0.490 e. The summed E-state index contributed by atoms with van der Waals surface area (Å²) in [7, 11) is 3.22. The summed E-state index contributed by atoms with van der Waals surface area (Å²) in [6.45, 7) is 1.33. The van der Waals surface area contributed by atoms with Crippen molar-refractivity contribution in [2.24, 2.45) is 0 Å². The fourth-order valence-electron chi connectivity index (χ4n) is 2.32. The number of benzene rings is 1. The molecule has 1 atom stereocenters. The number of carbonyl (C=O) groups is 1. The van der Waals surface area contributed by atoms with Crippen LogP contribution in [-0.4, -0.2) is 49.0 Å². The highest BCUT2D eigenvalue weighted by atomic mass is 16.6. The van der Waals surface area contributed by atoms with Crippen molar-refractivity contribution in [3.63, 3.8) is 0 Å². The first-order valence-corrected chi connectivity index (χ1v) is 6.35. The Labute approximate surface area is 116 Å². The zero-order chi connectivity index (χ0) is 14.7. The molecule has 1 aromatic rings. The molecule has 0 aliphatic carbocycles. The van der Waals surface area contributed by atoms with Crippen LogP contribution in [0, 0.1) is 10.1 Å². The average Bonchev–Trinajstić information content (AvgIpc) is 2.94. The lowest BCUT2D eigenvalue weighted by Gasteiger charge is -2.16. The molecule has 7 heteroatoms. The summed E-state index contributed by atoms with van der Waals surface area (Å²) in [4.78, 5) is 24.4. The van der Waals surface area contributed by atoms with Crippen LogP contribution in [0.4, 0.5) is 5.69 Å². The van der Waals surface area contributed by atoms with E-state index in [-0.39, 0.29) is 17.3 Å². The summed E-state index contributed by atoms with van der Waals surface area (Å²) in [6, 6.07) is 4.50. The van der Waals surface area contributed by atoms with Gasteiger partial charge in [0, 0.05) is 36.8 Å². The molecule has 7 nitrogen and oxygen atoms in total. The second kappa shape index (κ2) is 5.87. The van der Waals surface area contributed by atoms with Gasteiger partial charge in [0.25, 0.3) is 5.91 Å². The van der Waals surface area contributed by atoms with E-state index in [4.69, 9.17) is 4.74 Å². The second-order valence-corrected chi connectivity index (χ2v) is 4.67. The molecular weight excluding hydrogens is 262 g/mol. The number of nitro groups is 1. The van der Waals surface area contributed by atoms with Gasteiger partial charge in [0.1, 0.15) is 0 Å². The van der Waals surface area contributed by atoms with Crippen molar-refractivity contribution >= 4 is 11.6 Å². The van der Waals surface area contributed by atoms with E-state index < -0.39 is 4.92 Å². The molecule has 1 aliphatic rings. The van der Waals surface area contributed by atoms with Gasteiger partial charge >= 0.3 is 5.69 Å². The monoisotopic (exact) mass is 279 g/mol. The van der Waals surface area contributed by atoms with Crippen LogP contribution in [0.2, 0.25) is 0 Å². The number of carbonyl (C=O) groups excluding carboxylic acids is 1. The van der Waals surface area contributed by atoms with Gasteiger partial charge in [-0.25, -0.2) is 0 Å². The quantitative estimate of drug-likeness (QED) is 0.657. The maximum atomic E-state index is 12.3. The first-order chi connectivity index (χ1) is 9.56. The normalized spacial score (nSPS) is 18.1. The van der Waals surface area contributed by atoms with Crippen LogP contribution < -0.4 is 10.1 Å². The Morgan fingerprint density at radius 3 is 2.85 bits per heavy atom. The minimum absolute atomic E-state index is 0.102. The summed E-state index contributed by atoms with van der Waals surface area (Å²) in [5.41, 5.74) is 0.266. The molecule has 1 amide bonds. The molecule has 0 spiro atoms. The van der Waals surface area contributed by atoms with E-state index in [1.165, 1.54) is 25.3 Å². The van der Waals surface area contributed by atoms with Gasteiger partial charge in [-0.3, -0.25) is 14.9 Å². The number of likely N-dealkylation sites (N-methyl/N-ethyl adjacent to an activating group) is 1. The van der Waals surface area contributed by atoms with Gasteiger partial charge in [-0.05, 0) is 19.5 Å². The van der Waals surface area contributed by atoms with Crippen molar-refractivity contribution in [2.75, 3.05) is 27.2 Å². The van der Waals surface area contributed by atoms with Crippen molar-refractivity contribution in [1.29, 1.82) is 0 Å². The Morgan fingerprint density at radius 1 is 1.55 bits per heavy atom. The third-order valence-corrected chi connectivity index (χ3v) is 3.51. The lowest BCUT2D eigenvalue weighted by atomic mass is 10.1. The SMILES string of the molecule is CNC1CCN(C(=O)c2ccc([N+](=O)[O-])c(OC)c2)C1. The number of rotatable bonds is 4. The van der Waals surface area contributed by atoms with Gasteiger partial charge in [-0.1, -0.05) is 0 Å². The van der Waals surface area contributed by atoms with Crippen molar-refractivity contribution in [3.8, 4) is 5.75 Å². The lowest BCUT2D eigenvalue weighted by Crippen LogP contribution is -2.33. The number of amides is 1. The maximum absolute atomic E-state index is 12.3. The third-order valence-electron chi connectivity index (χ3n) is 3.51. The van der Waals surface area contributed by atoms with Gasteiger partial charge in [-0.2, -0.15) is 0 Å². The minimum atomic E-state index is -0.528. The number of nitrogens with zero attached hydrogens (tertiary/aromatic N) is 2. The van der Waals surface area contributed by atoms with E-state index in [1.54, 1.807) is 4.90 Å². The number of nitro benzene ring substituents is 1. The molecule has 20 heavy (non-hydrogen) atoms. The predicted octanol–water partition coefficient (Wildman–Crippen LogP) is 1.04. The Morgan fingerprint density at radius 2 is 2.30 bits per heavy atom. The van der Waals surface area contributed by atoms with Gasteiger partial charge < -0.3 is 15.0 Å². The third kappa shape index (κ3) is 2.72. The average molecular weight is 279 g/mol. The molecule has 1 N–H and O–H groups in total. The molecule has 1 aromatic carbocycles. The summed E-state index contributed by atoms with van der Waals surface area (Å²) >= 11 is 0. The van der Waals surface area contributed by atoms with Gasteiger partial charge in [0.15, 0.2) is 5.75 Å². The Kier molecular flexibility index (Phi) is 4.19. The Balaban J connectivity index is 2.21. The Bertz CT molecular complexity index is 532. The molecule has 1 heterocycles. The molecule has 108 valence electrons. The van der Waals surface area contributed by atoms with E-state index in [9.17, 15) is 14.9 Å². The summed E-state index contributed by atoms with van der Waals surface area (Å²) in [5.74, 6) is -0.0267. The number of methoxy groups -OCH3 is 1. The lowest BCUT2D eigenvalue weighted by molar-refractivity contribution is -0.385. The van der Waals surface area contributed by atoms with Crippen molar-refractivity contribution in [2.45, 2.75) is 12.5 Å². The topological polar surface area (TPSA) is 84.7 Å². The maximum Gasteiger partial charge on any atom is 0.310 e. The van der Waals surface area contributed by atoms with Crippen LogP contribution in [0.5, 0.6) is 5.75 Å². The van der Waals surface area contributed by atoms with Crippen LogP contribution in [0.3, 0.4) is 0 Å². The molecule has 1 fully saturated rings. The zero-order valence-corrected chi connectivity index (χ0v) is 11.5. The highest BCUT2D eigenvalue weighted by molar-refractivity contribution is 5.95. The van der Waals surface area contributed by atoms with Gasteiger partial charge in [0.05, 0.1) is 12.0 Å². The fraction of sp³-hybridized carbons (Fsp3) is 0.462. The van der Waals surface area contributed by atoms with Crippen molar-refractivity contribution in [1.82, 2.24) is 10.2 Å². The van der Waals surface area contributed by atoms with E-state index in [0.29, 0.717) is 24.7 Å². The van der Waals surface area contributed by atoms with Gasteiger partial charge in [0.2, 0.25) is 0 Å². The molecule has 1 aliphatic heterocycles. The van der Waals surface area contributed by atoms with Crippen LogP contribution in [0.25, 0.3) is 0 Å². The summed E-state index contributed by atoms with van der Waals surface area (Å²) in [6.07, 6.45) is 0.909. The highest BCUT2D eigenvalue weighted by Gasteiger charge is 2.27. The number of hydrogen-bond acceptors (Lipinski definition) is 5. The molecular formula is C13H17N3O4. The molecule has 0 saturated carbocycles. The Hall–Kier alpha value is -2.15. The van der Waals surface area contributed by atoms with Crippen LogP contribution >= 0.6 is 0 Å². The first-order valence-electron chi connectivity index (χ1n) is 6.35. The molecule has 0 aromatic heterocycles. The summed E-state index contributed by atoms with van der Waals surface area (Å²) < 4.78 is 4.98. The number of nitrogens with one attached hydrogen (secondary N) is 1. The summed E-state index contributed by atoms with van der Waals surface area (Å²) in [5, 5.41) is 14.0. The fourth-order valence-corrected chi connectivity index (χ4v) is 2.32. The van der Waals surface area contributed by atoms with E-state index in [2.05, 4.69) is 5.32 Å². The molecule has 1 saturated heterocycles. The number of hydrogen-bond donors (Lipinski definition) is 1. The van der Waals surface area contributed by atoms with Gasteiger partial charge in [-0.15, -0.1) is 0 Å². The second-order valence-electron chi connectivity index (χ2n) is 4.67. The van der Waals surface area contributed by atoms with Crippen LogP contribution in [0.1, 0.15) is 16.8 Å². The number of ether oxygens (including phenoxy) is 1. The molecule has 0 radical (unpaired) electrons. The van der Waals surface area contributed by atoms with E-state index in [1.807, 2.05) is 7.05 Å².